The molecule has 1 unspecified atom stereocenters. The highest BCUT2D eigenvalue weighted by Crippen LogP contribution is 2.31. The lowest BCUT2D eigenvalue weighted by atomic mass is 10.1. The molecule has 0 spiro atoms. The van der Waals surface area contributed by atoms with Gasteiger partial charge in [-0.15, -0.1) is 0 Å². The summed E-state index contributed by atoms with van der Waals surface area (Å²) < 4.78 is 29.6. The molecule has 6 nitrogen and oxygen atoms in total. The first-order valence-corrected chi connectivity index (χ1v) is 8.98. The van der Waals surface area contributed by atoms with Crippen LogP contribution in [-0.4, -0.2) is 32.5 Å². The molecule has 3 heterocycles. The van der Waals surface area contributed by atoms with Gasteiger partial charge in [0.2, 0.25) is 0 Å². The van der Waals surface area contributed by atoms with Crippen LogP contribution in [0, 0.1) is 5.82 Å². The van der Waals surface area contributed by atoms with Crippen LogP contribution in [0.5, 0.6) is 0 Å². The number of furan rings is 1. The Morgan fingerprint density at radius 3 is 2.71 bits per heavy atom. The van der Waals surface area contributed by atoms with E-state index in [9.17, 15) is 4.39 Å². The quantitative estimate of drug-likeness (QED) is 0.498. The topological polar surface area (TPSA) is 58.0 Å². The Hall–Kier alpha value is -3.19. The number of hydrogen-bond donors (Lipinski definition) is 0. The number of aryl methyl sites for hydroxylation is 1. The van der Waals surface area contributed by atoms with Crippen molar-refractivity contribution in [1.29, 1.82) is 0 Å². The number of nitrogens with zero attached hydrogens (tertiary/aromatic N) is 4. The van der Waals surface area contributed by atoms with Crippen molar-refractivity contribution in [3.63, 3.8) is 0 Å². The van der Waals surface area contributed by atoms with Crippen LogP contribution in [0.3, 0.4) is 0 Å². The summed E-state index contributed by atoms with van der Waals surface area (Å²) in [6.45, 7) is 2.63. The van der Waals surface area contributed by atoms with Crippen LogP contribution in [0.25, 0.3) is 34.0 Å². The minimum atomic E-state index is -0.349. The Morgan fingerprint density at radius 1 is 1.18 bits per heavy atom. The van der Waals surface area contributed by atoms with E-state index in [0.29, 0.717) is 29.5 Å². The molecule has 3 aromatic heterocycles. The highest BCUT2D eigenvalue weighted by atomic mass is 19.1. The van der Waals surface area contributed by atoms with Gasteiger partial charge in [-0.3, -0.25) is 4.68 Å². The third-order valence-electron chi connectivity index (χ3n) is 4.67. The van der Waals surface area contributed by atoms with Gasteiger partial charge in [0, 0.05) is 38.3 Å². The lowest BCUT2D eigenvalue weighted by Crippen LogP contribution is -2.14. The van der Waals surface area contributed by atoms with E-state index in [-0.39, 0.29) is 11.9 Å². The summed E-state index contributed by atoms with van der Waals surface area (Å²) in [6.07, 6.45) is 7.18. The fourth-order valence-electron chi connectivity index (χ4n) is 3.10. The Balaban J connectivity index is 1.62. The van der Waals surface area contributed by atoms with Crippen molar-refractivity contribution in [2.45, 2.75) is 19.6 Å². The fraction of sp³-hybridized carbons (Fsp3) is 0.238. The van der Waals surface area contributed by atoms with E-state index in [1.54, 1.807) is 42.4 Å². The first-order chi connectivity index (χ1) is 13.5. The Labute approximate surface area is 162 Å². The first-order valence-electron chi connectivity index (χ1n) is 8.98. The number of benzene rings is 1. The lowest BCUT2D eigenvalue weighted by molar-refractivity contribution is 0.103. The van der Waals surface area contributed by atoms with E-state index in [0.717, 1.165) is 11.1 Å². The molecule has 1 atom stereocenters. The van der Waals surface area contributed by atoms with Gasteiger partial charge in [0.05, 0.1) is 24.4 Å². The van der Waals surface area contributed by atoms with Crippen LogP contribution in [0.1, 0.15) is 6.92 Å². The van der Waals surface area contributed by atoms with Crippen LogP contribution in [0.15, 0.2) is 59.5 Å². The van der Waals surface area contributed by atoms with E-state index in [1.807, 2.05) is 37.0 Å². The second-order valence-electron chi connectivity index (χ2n) is 6.71. The highest BCUT2D eigenvalue weighted by molar-refractivity contribution is 5.69. The van der Waals surface area contributed by atoms with Gasteiger partial charge in [-0.1, -0.05) is 6.07 Å². The zero-order valence-electron chi connectivity index (χ0n) is 16.0. The molecular weight excluding hydrogens is 359 g/mol. The minimum absolute atomic E-state index is 0.0415. The molecule has 0 saturated carbocycles. The molecule has 0 bridgehead atoms. The Kier molecular flexibility index (Phi) is 4.83. The van der Waals surface area contributed by atoms with Crippen LogP contribution in [0.4, 0.5) is 4.39 Å². The van der Waals surface area contributed by atoms with Crippen molar-refractivity contribution in [1.82, 2.24) is 19.3 Å². The average molecular weight is 380 g/mol. The summed E-state index contributed by atoms with van der Waals surface area (Å²) in [4.78, 5) is 4.37. The van der Waals surface area contributed by atoms with Crippen molar-refractivity contribution in [2.24, 2.45) is 7.05 Å². The maximum absolute atomic E-state index is 14.8. The van der Waals surface area contributed by atoms with E-state index in [2.05, 4.69) is 10.1 Å². The van der Waals surface area contributed by atoms with Gasteiger partial charge in [-0.25, -0.2) is 9.37 Å². The van der Waals surface area contributed by atoms with E-state index in [4.69, 9.17) is 9.15 Å². The predicted molar refractivity (Wildman–Crippen MR) is 104 cm³/mol. The van der Waals surface area contributed by atoms with E-state index >= 15 is 0 Å². The van der Waals surface area contributed by atoms with Crippen molar-refractivity contribution < 1.29 is 13.5 Å². The van der Waals surface area contributed by atoms with Crippen LogP contribution in [0.2, 0.25) is 0 Å². The van der Waals surface area contributed by atoms with E-state index < -0.39 is 0 Å². The zero-order chi connectivity index (χ0) is 19.7. The molecular formula is C21H21FN4O2. The number of hydrogen-bond acceptors (Lipinski definition) is 4. The van der Waals surface area contributed by atoms with Gasteiger partial charge in [-0.05, 0) is 36.8 Å². The summed E-state index contributed by atoms with van der Waals surface area (Å²) in [5.74, 6) is 1.37. The normalized spacial score (nSPS) is 12.4. The molecule has 0 N–H and O–H groups in total. The SMILES string of the molecule is COC(C)Cn1ccnc1-c1ccc(-c2ccc(-c3cnn(C)c3)cc2F)o1. The van der Waals surface area contributed by atoms with Crippen molar-refractivity contribution >= 4 is 0 Å². The van der Waals surface area contributed by atoms with Crippen LogP contribution < -0.4 is 0 Å². The van der Waals surface area contributed by atoms with Crippen LogP contribution >= 0.6 is 0 Å². The fourth-order valence-corrected chi connectivity index (χ4v) is 3.10. The molecule has 0 aliphatic heterocycles. The predicted octanol–water partition coefficient (Wildman–Crippen LogP) is 4.38. The third kappa shape index (κ3) is 3.48. The maximum atomic E-state index is 14.8. The molecule has 7 heteroatoms. The molecule has 28 heavy (non-hydrogen) atoms. The summed E-state index contributed by atoms with van der Waals surface area (Å²) in [5, 5.41) is 4.13. The average Bonchev–Trinajstić information content (AvgIpc) is 3.42. The molecule has 1 aromatic carbocycles. The summed E-state index contributed by atoms with van der Waals surface area (Å²) in [6, 6.07) is 8.64. The number of halogens is 1. The van der Waals surface area contributed by atoms with Crippen molar-refractivity contribution in [2.75, 3.05) is 7.11 Å². The largest absolute Gasteiger partial charge is 0.453 e. The summed E-state index contributed by atoms with van der Waals surface area (Å²) in [5.41, 5.74) is 2.04. The molecule has 0 saturated heterocycles. The number of aromatic nitrogens is 4. The smallest absolute Gasteiger partial charge is 0.176 e. The molecule has 0 radical (unpaired) electrons. The molecule has 0 amide bonds. The van der Waals surface area contributed by atoms with Crippen molar-refractivity contribution in [3.05, 3.63) is 60.9 Å². The highest BCUT2D eigenvalue weighted by Gasteiger charge is 2.16. The molecule has 0 aliphatic rings. The van der Waals surface area contributed by atoms with Gasteiger partial charge in [0.15, 0.2) is 11.6 Å². The molecule has 4 rings (SSSR count). The number of rotatable bonds is 6. The second-order valence-corrected chi connectivity index (χ2v) is 6.71. The second kappa shape index (κ2) is 7.44. The monoisotopic (exact) mass is 380 g/mol. The van der Waals surface area contributed by atoms with Gasteiger partial charge >= 0.3 is 0 Å². The zero-order valence-corrected chi connectivity index (χ0v) is 16.0. The van der Waals surface area contributed by atoms with Crippen molar-refractivity contribution in [3.8, 4) is 34.0 Å². The van der Waals surface area contributed by atoms with E-state index in [1.165, 1.54) is 6.07 Å². The van der Waals surface area contributed by atoms with Gasteiger partial charge < -0.3 is 13.7 Å². The number of ether oxygens (including phenoxy) is 1. The summed E-state index contributed by atoms with van der Waals surface area (Å²) >= 11 is 0. The molecule has 0 aliphatic carbocycles. The minimum Gasteiger partial charge on any atom is -0.453 e. The first kappa shape index (κ1) is 18.2. The Morgan fingerprint density at radius 2 is 2.00 bits per heavy atom. The van der Waals surface area contributed by atoms with Gasteiger partial charge in [0.25, 0.3) is 0 Å². The van der Waals surface area contributed by atoms with Gasteiger partial charge in [0.1, 0.15) is 11.6 Å². The number of imidazole rings is 1. The standard InChI is InChI=1S/C21H21FN4O2/c1-14(27-3)12-26-9-8-23-21(26)20-7-6-19(28-20)17-5-4-15(10-18(17)22)16-11-24-25(2)13-16/h4-11,13-14H,12H2,1-3H3. The molecule has 0 fully saturated rings. The molecule has 144 valence electrons. The Bertz CT molecular complexity index is 1100. The third-order valence-corrected chi connectivity index (χ3v) is 4.67. The van der Waals surface area contributed by atoms with Crippen LogP contribution in [-0.2, 0) is 18.3 Å². The summed E-state index contributed by atoms with van der Waals surface area (Å²) in [7, 11) is 3.50. The molecule has 4 aromatic rings. The lowest BCUT2D eigenvalue weighted by Gasteiger charge is -2.11. The maximum Gasteiger partial charge on any atom is 0.176 e. The number of methoxy groups -OCH3 is 1. The van der Waals surface area contributed by atoms with Gasteiger partial charge in [-0.2, -0.15) is 5.10 Å².